The Bertz CT molecular complexity index is 613. The molecule has 0 aliphatic rings. The van der Waals surface area contributed by atoms with E-state index in [9.17, 15) is 0 Å². The molecule has 0 atom stereocenters. The van der Waals surface area contributed by atoms with Crippen molar-refractivity contribution < 1.29 is 4.74 Å². The number of hydrogen-bond donors (Lipinski definition) is 1. The van der Waals surface area contributed by atoms with Crippen molar-refractivity contribution >= 4 is 27.5 Å². The third-order valence-electron chi connectivity index (χ3n) is 3.11. The van der Waals surface area contributed by atoms with Crippen molar-refractivity contribution in [3.63, 3.8) is 0 Å². The summed E-state index contributed by atoms with van der Waals surface area (Å²) < 4.78 is 8.59. The molecule has 6 heteroatoms. The van der Waals surface area contributed by atoms with Gasteiger partial charge in [-0.25, -0.2) is 0 Å². The Balaban J connectivity index is 2.19. The predicted octanol–water partition coefficient (Wildman–Crippen LogP) is 3.44. The second-order valence-electron chi connectivity index (χ2n) is 4.43. The van der Waals surface area contributed by atoms with E-state index in [1.807, 2.05) is 32.2 Å². The van der Waals surface area contributed by atoms with Crippen molar-refractivity contribution in [2.45, 2.75) is 26.5 Å². The molecule has 0 saturated heterocycles. The number of aryl methyl sites for hydroxylation is 2. The maximum absolute atomic E-state index is 6.30. The molecule has 0 aliphatic heterocycles. The average Bonchev–Trinajstić information content (AvgIpc) is 2.72. The predicted molar refractivity (Wildman–Crippen MR) is 84.0 cm³/mol. The zero-order chi connectivity index (χ0) is 14.7. The standard InChI is InChI=1S/C14H17BrClN3O/c1-3-11-14(16)12(19(2)18-11)8-20-13-5-4-10(15)6-9(13)7-17/h4-6H,3,7-8,17H2,1-2H3. The van der Waals surface area contributed by atoms with E-state index in [1.54, 1.807) is 4.68 Å². The molecule has 2 aromatic rings. The second kappa shape index (κ2) is 6.61. The summed E-state index contributed by atoms with van der Waals surface area (Å²) in [5, 5.41) is 5.05. The van der Waals surface area contributed by atoms with Crippen LogP contribution in [0, 0.1) is 0 Å². The highest BCUT2D eigenvalue weighted by Gasteiger charge is 2.14. The number of aromatic nitrogens is 2. The Hall–Kier alpha value is -1.04. The fourth-order valence-corrected chi connectivity index (χ4v) is 2.73. The summed E-state index contributed by atoms with van der Waals surface area (Å²) >= 11 is 9.72. The van der Waals surface area contributed by atoms with Gasteiger partial charge in [-0.1, -0.05) is 34.5 Å². The van der Waals surface area contributed by atoms with Crippen LogP contribution >= 0.6 is 27.5 Å². The Kier molecular flexibility index (Phi) is 5.07. The van der Waals surface area contributed by atoms with Gasteiger partial charge in [-0.05, 0) is 24.6 Å². The zero-order valence-corrected chi connectivity index (χ0v) is 13.8. The Morgan fingerprint density at radius 3 is 2.80 bits per heavy atom. The molecule has 0 amide bonds. The number of benzene rings is 1. The highest BCUT2D eigenvalue weighted by molar-refractivity contribution is 9.10. The van der Waals surface area contributed by atoms with E-state index in [2.05, 4.69) is 21.0 Å². The van der Waals surface area contributed by atoms with Crippen LogP contribution in [0.3, 0.4) is 0 Å². The van der Waals surface area contributed by atoms with Gasteiger partial charge >= 0.3 is 0 Å². The molecule has 20 heavy (non-hydrogen) atoms. The fourth-order valence-electron chi connectivity index (χ4n) is 1.97. The summed E-state index contributed by atoms with van der Waals surface area (Å²) in [5.41, 5.74) is 8.44. The van der Waals surface area contributed by atoms with Gasteiger partial charge in [0, 0.05) is 23.6 Å². The SMILES string of the molecule is CCc1nn(C)c(COc2ccc(Br)cc2CN)c1Cl. The van der Waals surface area contributed by atoms with E-state index >= 15 is 0 Å². The molecule has 0 unspecified atom stereocenters. The maximum Gasteiger partial charge on any atom is 0.131 e. The number of ether oxygens (including phenoxy) is 1. The van der Waals surface area contributed by atoms with Gasteiger partial charge in [0.05, 0.1) is 16.4 Å². The van der Waals surface area contributed by atoms with Crippen LogP contribution in [0.4, 0.5) is 0 Å². The average molecular weight is 359 g/mol. The maximum atomic E-state index is 6.30. The fraction of sp³-hybridized carbons (Fsp3) is 0.357. The molecule has 4 nitrogen and oxygen atoms in total. The molecule has 0 spiro atoms. The highest BCUT2D eigenvalue weighted by atomic mass is 79.9. The summed E-state index contributed by atoms with van der Waals surface area (Å²) in [5.74, 6) is 0.769. The van der Waals surface area contributed by atoms with Gasteiger partial charge < -0.3 is 10.5 Å². The van der Waals surface area contributed by atoms with Crippen LogP contribution in [0.2, 0.25) is 5.02 Å². The molecule has 1 aromatic heterocycles. The molecule has 1 heterocycles. The molecule has 0 saturated carbocycles. The van der Waals surface area contributed by atoms with Crippen LogP contribution in [-0.4, -0.2) is 9.78 Å². The molecule has 1 aromatic carbocycles. The molecular formula is C14H17BrClN3O. The number of rotatable bonds is 5. The van der Waals surface area contributed by atoms with Crippen molar-refractivity contribution in [2.24, 2.45) is 12.8 Å². The van der Waals surface area contributed by atoms with Gasteiger partial charge in [0.15, 0.2) is 0 Å². The Labute approximate surface area is 132 Å². The highest BCUT2D eigenvalue weighted by Crippen LogP contribution is 2.26. The second-order valence-corrected chi connectivity index (χ2v) is 5.72. The molecule has 0 aliphatic carbocycles. The third kappa shape index (κ3) is 3.16. The molecule has 0 bridgehead atoms. The van der Waals surface area contributed by atoms with Crippen LogP contribution < -0.4 is 10.5 Å². The Morgan fingerprint density at radius 2 is 2.20 bits per heavy atom. The van der Waals surface area contributed by atoms with Crippen LogP contribution in [0.25, 0.3) is 0 Å². The van der Waals surface area contributed by atoms with Crippen molar-refractivity contribution in [2.75, 3.05) is 0 Å². The Morgan fingerprint density at radius 1 is 1.45 bits per heavy atom. The van der Waals surface area contributed by atoms with E-state index < -0.39 is 0 Å². The minimum absolute atomic E-state index is 0.372. The topological polar surface area (TPSA) is 53.1 Å². The van der Waals surface area contributed by atoms with Gasteiger partial charge in [0.2, 0.25) is 0 Å². The summed E-state index contributed by atoms with van der Waals surface area (Å²) in [4.78, 5) is 0. The lowest BCUT2D eigenvalue weighted by Crippen LogP contribution is -2.06. The lowest BCUT2D eigenvalue weighted by molar-refractivity contribution is 0.292. The number of nitrogens with zero attached hydrogens (tertiary/aromatic N) is 2. The van der Waals surface area contributed by atoms with Gasteiger partial charge in [-0.3, -0.25) is 4.68 Å². The lowest BCUT2D eigenvalue weighted by atomic mass is 10.2. The van der Waals surface area contributed by atoms with Crippen molar-refractivity contribution in [3.05, 3.63) is 44.6 Å². The van der Waals surface area contributed by atoms with Crippen LogP contribution in [0.1, 0.15) is 23.9 Å². The van der Waals surface area contributed by atoms with E-state index in [0.29, 0.717) is 18.2 Å². The summed E-state index contributed by atoms with van der Waals surface area (Å²) in [6, 6.07) is 5.78. The monoisotopic (exact) mass is 357 g/mol. The molecule has 108 valence electrons. The quantitative estimate of drug-likeness (QED) is 0.891. The zero-order valence-electron chi connectivity index (χ0n) is 11.5. The van der Waals surface area contributed by atoms with Gasteiger partial charge in [0.25, 0.3) is 0 Å². The van der Waals surface area contributed by atoms with E-state index in [-0.39, 0.29) is 0 Å². The summed E-state index contributed by atoms with van der Waals surface area (Å²) in [6.45, 7) is 2.82. The number of halogens is 2. The first-order chi connectivity index (χ1) is 9.56. The first-order valence-electron chi connectivity index (χ1n) is 6.38. The van der Waals surface area contributed by atoms with Gasteiger partial charge in [-0.15, -0.1) is 0 Å². The molecule has 2 rings (SSSR count). The smallest absolute Gasteiger partial charge is 0.131 e. The summed E-state index contributed by atoms with van der Waals surface area (Å²) in [6.07, 6.45) is 0.805. The van der Waals surface area contributed by atoms with Crippen LogP contribution in [0.15, 0.2) is 22.7 Å². The number of hydrogen-bond acceptors (Lipinski definition) is 3. The molecule has 0 fully saturated rings. The minimum Gasteiger partial charge on any atom is -0.487 e. The van der Waals surface area contributed by atoms with E-state index in [4.69, 9.17) is 22.1 Å². The van der Waals surface area contributed by atoms with E-state index in [1.165, 1.54) is 0 Å². The molecule has 2 N–H and O–H groups in total. The lowest BCUT2D eigenvalue weighted by Gasteiger charge is -2.11. The number of nitrogens with two attached hydrogens (primary N) is 1. The third-order valence-corrected chi connectivity index (χ3v) is 4.04. The molecule has 0 radical (unpaired) electrons. The van der Waals surface area contributed by atoms with Crippen LogP contribution in [-0.2, 0) is 26.6 Å². The van der Waals surface area contributed by atoms with Crippen molar-refractivity contribution in [1.29, 1.82) is 0 Å². The summed E-state index contributed by atoms with van der Waals surface area (Å²) in [7, 11) is 1.87. The van der Waals surface area contributed by atoms with Crippen molar-refractivity contribution in [3.8, 4) is 5.75 Å². The minimum atomic E-state index is 0.372. The van der Waals surface area contributed by atoms with Crippen LogP contribution in [0.5, 0.6) is 5.75 Å². The first-order valence-corrected chi connectivity index (χ1v) is 7.55. The van der Waals surface area contributed by atoms with E-state index in [0.717, 1.165) is 33.6 Å². The van der Waals surface area contributed by atoms with Crippen molar-refractivity contribution in [1.82, 2.24) is 9.78 Å². The molecular weight excluding hydrogens is 342 g/mol. The van der Waals surface area contributed by atoms with Gasteiger partial charge in [-0.2, -0.15) is 5.10 Å². The first kappa shape index (κ1) is 15.4. The van der Waals surface area contributed by atoms with Gasteiger partial charge in [0.1, 0.15) is 12.4 Å². The largest absolute Gasteiger partial charge is 0.487 e. The normalized spacial score (nSPS) is 10.8.